The van der Waals surface area contributed by atoms with Gasteiger partial charge in [-0.05, 0) is 56.2 Å². The minimum atomic E-state index is -1.54. The molecule has 0 saturated heterocycles. The normalized spacial score (nSPS) is 14.3. The highest BCUT2D eigenvalue weighted by atomic mass is 32.4. The SMILES string of the molecule is CC(C)[Si](SOS[Si](C(C)C)(C(C)C)C(C)C)(C(C)C)C(C)C. The van der Waals surface area contributed by atoms with Crippen LogP contribution in [0.4, 0.5) is 0 Å². The van der Waals surface area contributed by atoms with Crippen molar-refractivity contribution in [2.75, 3.05) is 0 Å². The van der Waals surface area contributed by atoms with Crippen LogP contribution in [0.3, 0.4) is 0 Å². The highest BCUT2D eigenvalue weighted by Crippen LogP contribution is 2.55. The maximum Gasteiger partial charge on any atom is 0.162 e. The molecule has 0 aliphatic rings. The van der Waals surface area contributed by atoms with Gasteiger partial charge in [-0.1, -0.05) is 83.1 Å². The second kappa shape index (κ2) is 9.70. The second-order valence-corrected chi connectivity index (χ2v) is 25.3. The van der Waals surface area contributed by atoms with Crippen molar-refractivity contribution in [1.29, 1.82) is 0 Å². The van der Waals surface area contributed by atoms with E-state index in [0.29, 0.717) is 0 Å². The smallest absolute Gasteiger partial charge is 0.162 e. The van der Waals surface area contributed by atoms with Crippen LogP contribution < -0.4 is 0 Å². The lowest BCUT2D eigenvalue weighted by molar-refractivity contribution is 0.754. The van der Waals surface area contributed by atoms with Crippen LogP contribution in [0.2, 0.25) is 33.2 Å². The van der Waals surface area contributed by atoms with Crippen LogP contribution in [0.5, 0.6) is 0 Å². The van der Waals surface area contributed by atoms with Crippen LogP contribution in [0.25, 0.3) is 0 Å². The standard InChI is InChI=1S/C18H42OS2Si2/c1-13(2)22(14(3)4,15(5)6)20-19-21-23(16(7)8,17(9)10)18(11)12/h13-18H,1-12H3. The third kappa shape index (κ3) is 5.05. The summed E-state index contributed by atoms with van der Waals surface area (Å²) in [5.74, 6) is 0. The molecule has 0 aliphatic heterocycles. The van der Waals surface area contributed by atoms with E-state index in [1.54, 1.807) is 0 Å². The fourth-order valence-electron chi connectivity index (χ4n) is 4.71. The Bertz CT molecular complexity index is 266. The van der Waals surface area contributed by atoms with Crippen LogP contribution in [-0.4, -0.2) is 14.4 Å². The number of hydrogen-bond acceptors (Lipinski definition) is 3. The first-order valence-corrected chi connectivity index (χ1v) is 16.8. The molecule has 0 atom stereocenters. The van der Waals surface area contributed by atoms with E-state index in [1.807, 2.05) is 23.0 Å². The summed E-state index contributed by atoms with van der Waals surface area (Å²) in [6.07, 6.45) is 0. The monoisotopic (exact) mass is 394 g/mol. The molecule has 1 nitrogen and oxygen atoms in total. The maximum atomic E-state index is 6.49. The van der Waals surface area contributed by atoms with E-state index >= 15 is 0 Å². The molecule has 23 heavy (non-hydrogen) atoms. The van der Waals surface area contributed by atoms with E-state index in [2.05, 4.69) is 83.1 Å². The van der Waals surface area contributed by atoms with E-state index < -0.39 is 14.4 Å². The van der Waals surface area contributed by atoms with Crippen molar-refractivity contribution in [3.63, 3.8) is 0 Å². The third-order valence-electron chi connectivity index (χ3n) is 5.77. The summed E-state index contributed by atoms with van der Waals surface area (Å²) in [7, 11) is -3.07. The van der Waals surface area contributed by atoms with Crippen molar-refractivity contribution >= 4 is 37.4 Å². The third-order valence-corrected chi connectivity index (χ3v) is 29.2. The van der Waals surface area contributed by atoms with Gasteiger partial charge in [-0.3, -0.25) is 3.63 Å². The first kappa shape index (κ1) is 24.1. The summed E-state index contributed by atoms with van der Waals surface area (Å²) in [4.78, 5) is 0. The topological polar surface area (TPSA) is 9.23 Å². The maximum absolute atomic E-state index is 6.49. The minimum absolute atomic E-state index is 0.737. The summed E-state index contributed by atoms with van der Waals surface area (Å²) in [5.41, 5.74) is 4.42. The molecule has 0 aliphatic carbocycles. The molecule has 0 radical (unpaired) electrons. The number of rotatable bonds is 10. The minimum Gasteiger partial charge on any atom is -0.261 e. The predicted octanol–water partition coefficient (Wildman–Crippen LogP) is 8.65. The lowest BCUT2D eigenvalue weighted by Crippen LogP contribution is -2.43. The highest BCUT2D eigenvalue weighted by molar-refractivity contribution is 8.36. The van der Waals surface area contributed by atoms with Crippen LogP contribution in [-0.2, 0) is 3.63 Å². The van der Waals surface area contributed by atoms with Crippen LogP contribution >= 0.6 is 23.0 Å². The second-order valence-electron chi connectivity index (χ2n) is 8.87. The summed E-state index contributed by atoms with van der Waals surface area (Å²) < 4.78 is 6.49. The quantitative estimate of drug-likeness (QED) is 0.271. The predicted molar refractivity (Wildman–Crippen MR) is 118 cm³/mol. The van der Waals surface area contributed by atoms with Gasteiger partial charge in [0.05, 0.1) is 0 Å². The van der Waals surface area contributed by atoms with E-state index in [0.717, 1.165) is 33.2 Å². The largest absolute Gasteiger partial charge is 0.261 e. The Labute approximate surface area is 157 Å². The fraction of sp³-hybridized carbons (Fsp3) is 1.00. The van der Waals surface area contributed by atoms with Crippen LogP contribution in [0, 0.1) is 0 Å². The zero-order chi connectivity index (χ0) is 18.6. The molecule has 5 heteroatoms. The molecule has 0 saturated carbocycles. The van der Waals surface area contributed by atoms with Gasteiger partial charge in [0.25, 0.3) is 0 Å². The molecule has 0 N–H and O–H groups in total. The molecule has 0 rings (SSSR count). The van der Waals surface area contributed by atoms with Gasteiger partial charge in [-0.15, -0.1) is 0 Å². The van der Waals surface area contributed by atoms with Crippen molar-refractivity contribution in [2.24, 2.45) is 0 Å². The Hall–Kier alpha value is 1.09. The van der Waals surface area contributed by atoms with E-state index in [9.17, 15) is 0 Å². The molecule has 0 bridgehead atoms. The summed E-state index contributed by atoms with van der Waals surface area (Å²) in [6.45, 7) is 28.9. The van der Waals surface area contributed by atoms with E-state index in [4.69, 9.17) is 3.63 Å². The van der Waals surface area contributed by atoms with Gasteiger partial charge in [0, 0.05) is 0 Å². The molecular formula is C18H42OS2Si2. The lowest BCUT2D eigenvalue weighted by atomic mass is 10.5. The molecule has 0 fully saturated rings. The summed E-state index contributed by atoms with van der Waals surface area (Å²) in [5, 5.41) is 0. The van der Waals surface area contributed by atoms with Gasteiger partial charge in [-0.2, -0.15) is 0 Å². The van der Waals surface area contributed by atoms with Gasteiger partial charge in [0.2, 0.25) is 0 Å². The molecule has 0 spiro atoms. The van der Waals surface area contributed by atoms with Gasteiger partial charge in [0.1, 0.15) is 0 Å². The van der Waals surface area contributed by atoms with Gasteiger partial charge < -0.3 is 0 Å². The van der Waals surface area contributed by atoms with E-state index in [-0.39, 0.29) is 0 Å². The Balaban J connectivity index is 5.33. The average Bonchev–Trinajstić information content (AvgIpc) is 2.35. The highest BCUT2D eigenvalue weighted by Gasteiger charge is 2.49. The average molecular weight is 395 g/mol. The van der Waals surface area contributed by atoms with Crippen molar-refractivity contribution in [2.45, 2.75) is 116 Å². The fourth-order valence-corrected chi connectivity index (χ4v) is 21.8. The zero-order valence-corrected chi connectivity index (χ0v) is 21.3. The summed E-state index contributed by atoms with van der Waals surface area (Å²) in [6, 6.07) is 0. The van der Waals surface area contributed by atoms with Gasteiger partial charge in [-0.25, -0.2) is 0 Å². The molecule has 0 unspecified atom stereocenters. The van der Waals surface area contributed by atoms with Gasteiger partial charge in [0.15, 0.2) is 14.4 Å². The molecule has 0 aromatic carbocycles. The molecule has 0 aromatic heterocycles. The van der Waals surface area contributed by atoms with Crippen molar-refractivity contribution in [3.05, 3.63) is 0 Å². The first-order chi connectivity index (χ1) is 10.4. The molecule has 0 amide bonds. The summed E-state index contributed by atoms with van der Waals surface area (Å²) >= 11 is 3.82. The molecule has 140 valence electrons. The first-order valence-electron chi connectivity index (χ1n) is 9.40. The van der Waals surface area contributed by atoms with Crippen LogP contribution in [0.15, 0.2) is 0 Å². The number of hydrogen-bond donors (Lipinski definition) is 0. The Morgan fingerprint density at radius 1 is 0.435 bits per heavy atom. The van der Waals surface area contributed by atoms with E-state index in [1.165, 1.54) is 0 Å². The Morgan fingerprint density at radius 3 is 0.739 bits per heavy atom. The van der Waals surface area contributed by atoms with Gasteiger partial charge >= 0.3 is 0 Å². The molecular weight excluding hydrogens is 353 g/mol. The Kier molecular flexibility index (Phi) is 10.2. The van der Waals surface area contributed by atoms with Crippen molar-refractivity contribution in [3.8, 4) is 0 Å². The molecule has 0 aromatic rings. The lowest BCUT2D eigenvalue weighted by Gasteiger charge is -2.44. The van der Waals surface area contributed by atoms with Crippen molar-refractivity contribution in [1.82, 2.24) is 0 Å². The zero-order valence-electron chi connectivity index (χ0n) is 17.7. The van der Waals surface area contributed by atoms with Crippen LogP contribution in [0.1, 0.15) is 83.1 Å². The Morgan fingerprint density at radius 2 is 0.609 bits per heavy atom. The van der Waals surface area contributed by atoms with Crippen molar-refractivity contribution < 1.29 is 3.63 Å². The molecule has 0 heterocycles.